The third-order valence-electron chi connectivity index (χ3n) is 1.76. The van der Waals surface area contributed by atoms with E-state index in [1.165, 1.54) is 19.1 Å². The number of halogens is 1. The number of ketones is 1. The van der Waals surface area contributed by atoms with Crippen molar-refractivity contribution in [1.29, 1.82) is 0 Å². The fraction of sp³-hybridized carbons (Fsp3) is 0.300. The zero-order valence-electron chi connectivity index (χ0n) is 8.00. The third kappa shape index (κ3) is 1.84. The van der Waals surface area contributed by atoms with Crippen LogP contribution in [0.25, 0.3) is 0 Å². The fourth-order valence-corrected chi connectivity index (χ4v) is 1.10. The maximum atomic E-state index is 13.3. The van der Waals surface area contributed by atoms with Crippen molar-refractivity contribution in [3.05, 3.63) is 23.5 Å². The van der Waals surface area contributed by atoms with Gasteiger partial charge in [-0.15, -0.1) is 0 Å². The first-order valence-corrected chi connectivity index (χ1v) is 4.23. The lowest BCUT2D eigenvalue weighted by Gasteiger charge is -2.07. The van der Waals surface area contributed by atoms with Gasteiger partial charge in [-0.3, -0.25) is 4.79 Å². The highest BCUT2D eigenvalue weighted by Crippen LogP contribution is 2.29. The monoisotopic (exact) mass is 198 g/mol. The molecule has 0 saturated carbocycles. The summed E-state index contributed by atoms with van der Waals surface area (Å²) < 4.78 is 18.2. The lowest BCUT2D eigenvalue weighted by atomic mass is 10.1. The predicted octanol–water partition coefficient (Wildman–Crippen LogP) is 2.13. The number of aromatic hydroxyl groups is 1. The number of benzene rings is 1. The van der Waals surface area contributed by atoms with E-state index in [9.17, 15) is 14.3 Å². The number of rotatable bonds is 3. The number of carbonyl (C=O) groups is 1. The first kappa shape index (κ1) is 10.5. The van der Waals surface area contributed by atoms with Gasteiger partial charge in [-0.2, -0.15) is 4.39 Å². The van der Waals surface area contributed by atoms with E-state index in [-0.39, 0.29) is 17.1 Å². The van der Waals surface area contributed by atoms with Gasteiger partial charge < -0.3 is 9.84 Å². The van der Waals surface area contributed by atoms with Crippen molar-refractivity contribution in [2.24, 2.45) is 0 Å². The van der Waals surface area contributed by atoms with Gasteiger partial charge >= 0.3 is 0 Å². The second-order valence-corrected chi connectivity index (χ2v) is 2.76. The van der Waals surface area contributed by atoms with Crippen LogP contribution in [0.1, 0.15) is 24.2 Å². The van der Waals surface area contributed by atoms with Crippen LogP contribution in [0.15, 0.2) is 12.1 Å². The van der Waals surface area contributed by atoms with Crippen LogP contribution in [0.3, 0.4) is 0 Å². The van der Waals surface area contributed by atoms with Gasteiger partial charge in [0.05, 0.1) is 12.2 Å². The van der Waals surface area contributed by atoms with E-state index >= 15 is 0 Å². The van der Waals surface area contributed by atoms with Gasteiger partial charge in [0, 0.05) is 0 Å². The number of hydrogen-bond acceptors (Lipinski definition) is 3. The summed E-state index contributed by atoms with van der Waals surface area (Å²) >= 11 is 0. The number of Topliss-reactive ketones (excluding diaryl/α,β-unsaturated/α-hetero) is 1. The zero-order chi connectivity index (χ0) is 10.7. The molecule has 0 saturated heterocycles. The summed E-state index contributed by atoms with van der Waals surface area (Å²) in [6.07, 6.45) is 0. The molecule has 0 radical (unpaired) electrons. The molecule has 14 heavy (non-hydrogen) atoms. The maximum Gasteiger partial charge on any atom is 0.207 e. The Morgan fingerprint density at radius 1 is 1.57 bits per heavy atom. The molecule has 0 heterocycles. The van der Waals surface area contributed by atoms with Gasteiger partial charge in [0.2, 0.25) is 5.82 Å². The minimum Gasteiger partial charge on any atom is -0.504 e. The SMILES string of the molecule is CCOc1ccc(C(C)=O)c(O)c1F. The molecule has 1 aromatic carbocycles. The predicted molar refractivity (Wildman–Crippen MR) is 49.2 cm³/mol. The molecule has 0 spiro atoms. The molecule has 3 nitrogen and oxygen atoms in total. The molecule has 0 amide bonds. The standard InChI is InChI=1S/C10H11FO3/c1-3-14-8-5-4-7(6(2)12)10(13)9(8)11/h4-5,13H,3H2,1-2H3. The Kier molecular flexibility index (Phi) is 3.06. The van der Waals surface area contributed by atoms with Gasteiger partial charge in [-0.1, -0.05) is 0 Å². The molecule has 0 aliphatic rings. The Labute approximate surface area is 81.1 Å². The Morgan fingerprint density at radius 3 is 2.71 bits per heavy atom. The van der Waals surface area contributed by atoms with E-state index in [4.69, 9.17) is 4.74 Å². The highest BCUT2D eigenvalue weighted by atomic mass is 19.1. The Bertz CT molecular complexity index is 361. The number of ether oxygens (including phenoxy) is 1. The largest absolute Gasteiger partial charge is 0.504 e. The van der Waals surface area contributed by atoms with Crippen molar-refractivity contribution in [3.63, 3.8) is 0 Å². The van der Waals surface area contributed by atoms with E-state index in [1.807, 2.05) is 0 Å². The molecule has 0 aliphatic heterocycles. The number of hydrogen-bond donors (Lipinski definition) is 1. The summed E-state index contributed by atoms with van der Waals surface area (Å²) in [6.45, 7) is 3.26. The van der Waals surface area contributed by atoms with Crippen LogP contribution in [0, 0.1) is 5.82 Å². The fourth-order valence-electron chi connectivity index (χ4n) is 1.10. The van der Waals surface area contributed by atoms with E-state index < -0.39 is 11.6 Å². The minimum atomic E-state index is -0.889. The summed E-state index contributed by atoms with van der Waals surface area (Å²) in [7, 11) is 0. The lowest BCUT2D eigenvalue weighted by molar-refractivity contribution is 0.101. The molecule has 1 rings (SSSR count). The van der Waals surface area contributed by atoms with Crippen molar-refractivity contribution >= 4 is 5.78 Å². The molecular weight excluding hydrogens is 187 g/mol. The first-order chi connectivity index (χ1) is 6.57. The molecule has 4 heteroatoms. The van der Waals surface area contributed by atoms with Crippen LogP contribution in [0.2, 0.25) is 0 Å². The molecule has 1 aromatic rings. The average molecular weight is 198 g/mol. The minimum absolute atomic E-state index is 0.0362. The van der Waals surface area contributed by atoms with Gasteiger partial charge in [0.15, 0.2) is 17.3 Å². The van der Waals surface area contributed by atoms with Crippen molar-refractivity contribution in [2.45, 2.75) is 13.8 Å². The van der Waals surface area contributed by atoms with Crippen LogP contribution < -0.4 is 4.74 Å². The second kappa shape index (κ2) is 4.09. The third-order valence-corrected chi connectivity index (χ3v) is 1.76. The molecular formula is C10H11FO3. The van der Waals surface area contributed by atoms with E-state index in [0.717, 1.165) is 0 Å². The number of phenolic OH excluding ortho intramolecular Hbond substituents is 1. The van der Waals surface area contributed by atoms with Crippen LogP contribution in [0.5, 0.6) is 11.5 Å². The summed E-state index contributed by atoms with van der Waals surface area (Å²) in [5.41, 5.74) is -0.0362. The number of carbonyl (C=O) groups excluding carboxylic acids is 1. The molecule has 0 fully saturated rings. The van der Waals surface area contributed by atoms with E-state index in [2.05, 4.69) is 0 Å². The lowest BCUT2D eigenvalue weighted by Crippen LogP contribution is -1.99. The van der Waals surface area contributed by atoms with Crippen molar-refractivity contribution < 1.29 is 19.0 Å². The second-order valence-electron chi connectivity index (χ2n) is 2.76. The topological polar surface area (TPSA) is 46.5 Å². The zero-order valence-corrected chi connectivity index (χ0v) is 8.00. The van der Waals surface area contributed by atoms with Crippen LogP contribution in [-0.4, -0.2) is 17.5 Å². The molecule has 1 N–H and O–H groups in total. The molecule has 0 atom stereocenters. The summed E-state index contributed by atoms with van der Waals surface area (Å²) in [5.74, 6) is -1.97. The quantitative estimate of drug-likeness (QED) is 0.757. The summed E-state index contributed by atoms with van der Waals surface area (Å²) in [4.78, 5) is 10.9. The number of phenols is 1. The average Bonchev–Trinajstić information content (AvgIpc) is 2.13. The smallest absolute Gasteiger partial charge is 0.207 e. The van der Waals surface area contributed by atoms with Crippen LogP contribution in [0.4, 0.5) is 4.39 Å². The van der Waals surface area contributed by atoms with Crippen molar-refractivity contribution in [2.75, 3.05) is 6.61 Å². The normalized spacial score (nSPS) is 9.93. The maximum absolute atomic E-state index is 13.3. The highest BCUT2D eigenvalue weighted by Gasteiger charge is 2.15. The van der Waals surface area contributed by atoms with Crippen LogP contribution >= 0.6 is 0 Å². The van der Waals surface area contributed by atoms with Crippen LogP contribution in [-0.2, 0) is 0 Å². The molecule has 0 bridgehead atoms. The Morgan fingerprint density at radius 2 is 2.21 bits per heavy atom. The van der Waals surface area contributed by atoms with Gasteiger partial charge in [0.1, 0.15) is 0 Å². The van der Waals surface area contributed by atoms with E-state index in [0.29, 0.717) is 6.61 Å². The molecule has 0 aliphatic carbocycles. The van der Waals surface area contributed by atoms with Crippen molar-refractivity contribution in [1.82, 2.24) is 0 Å². The first-order valence-electron chi connectivity index (χ1n) is 4.23. The van der Waals surface area contributed by atoms with E-state index in [1.54, 1.807) is 6.92 Å². The van der Waals surface area contributed by atoms with Crippen molar-refractivity contribution in [3.8, 4) is 11.5 Å². The van der Waals surface area contributed by atoms with Gasteiger partial charge in [0.25, 0.3) is 0 Å². The Balaban J connectivity index is 3.19. The van der Waals surface area contributed by atoms with Gasteiger partial charge in [-0.05, 0) is 26.0 Å². The summed E-state index contributed by atoms with van der Waals surface area (Å²) in [5, 5.41) is 9.30. The molecule has 76 valence electrons. The van der Waals surface area contributed by atoms with Gasteiger partial charge in [-0.25, -0.2) is 0 Å². The molecule has 0 aromatic heterocycles. The molecule has 0 unspecified atom stereocenters. The summed E-state index contributed by atoms with van der Waals surface area (Å²) in [6, 6.07) is 2.67. The highest BCUT2D eigenvalue weighted by molar-refractivity contribution is 5.96. The Hall–Kier alpha value is -1.58.